The van der Waals surface area contributed by atoms with Crippen LogP contribution in [0.25, 0.3) is 11.1 Å². The number of nitrogens with zero attached hydrogens (tertiary/aromatic N) is 1. The van der Waals surface area contributed by atoms with Crippen molar-refractivity contribution in [3.05, 3.63) is 59.7 Å². The topological polar surface area (TPSA) is 50.8 Å². The van der Waals surface area contributed by atoms with Gasteiger partial charge in [0.1, 0.15) is 0 Å². The number of rotatable bonds is 2. The van der Waals surface area contributed by atoms with E-state index in [-0.39, 0.29) is 17.7 Å². The van der Waals surface area contributed by atoms with E-state index in [0.717, 1.165) is 38.8 Å². The van der Waals surface area contributed by atoms with Crippen molar-refractivity contribution in [3.8, 4) is 11.1 Å². The van der Waals surface area contributed by atoms with Crippen LogP contribution < -0.4 is 5.32 Å². The van der Waals surface area contributed by atoms with Gasteiger partial charge in [-0.25, -0.2) is 4.79 Å². The van der Waals surface area contributed by atoms with Gasteiger partial charge in [-0.3, -0.25) is 0 Å². The number of hydrogen-bond donors (Lipinski definition) is 1. The Kier molecular flexibility index (Phi) is 5.02. The van der Waals surface area contributed by atoms with Gasteiger partial charge in [-0.15, -0.1) is 0 Å². The van der Waals surface area contributed by atoms with Gasteiger partial charge in [-0.1, -0.05) is 42.5 Å². The van der Waals surface area contributed by atoms with Crippen molar-refractivity contribution in [1.29, 1.82) is 0 Å². The summed E-state index contributed by atoms with van der Waals surface area (Å²) in [5.41, 5.74) is 4.83. The molecule has 2 fully saturated rings. The van der Waals surface area contributed by atoms with Gasteiger partial charge in [0.25, 0.3) is 0 Å². The smallest absolute Gasteiger partial charge is 0.317 e. The Balaban J connectivity index is 1.26. The zero-order chi connectivity index (χ0) is 19.7. The maximum absolute atomic E-state index is 13.0. The van der Waals surface area contributed by atoms with Crippen molar-refractivity contribution >= 4 is 6.03 Å². The van der Waals surface area contributed by atoms with E-state index in [0.29, 0.717) is 19.8 Å². The van der Waals surface area contributed by atoms with Gasteiger partial charge in [-0.05, 0) is 47.6 Å². The molecule has 0 aliphatic carbocycles. The Hall–Kier alpha value is -2.37. The van der Waals surface area contributed by atoms with Crippen LogP contribution in [-0.2, 0) is 22.4 Å². The van der Waals surface area contributed by atoms with E-state index >= 15 is 0 Å². The lowest BCUT2D eigenvalue weighted by atomic mass is 9.90. The number of ether oxygens (including phenoxy) is 2. The van der Waals surface area contributed by atoms with E-state index in [2.05, 4.69) is 47.8 Å². The molecule has 0 saturated carbocycles. The van der Waals surface area contributed by atoms with Crippen LogP contribution in [-0.4, -0.2) is 48.9 Å². The van der Waals surface area contributed by atoms with Crippen LogP contribution in [0.1, 0.15) is 30.4 Å². The van der Waals surface area contributed by atoms with Crippen LogP contribution in [0.15, 0.2) is 48.5 Å². The minimum absolute atomic E-state index is 0.0433. The summed E-state index contributed by atoms with van der Waals surface area (Å²) in [5.74, 6) is 0. The number of carbonyl (C=O) groups is 1. The Morgan fingerprint density at radius 2 is 1.97 bits per heavy atom. The van der Waals surface area contributed by atoms with Crippen LogP contribution in [0, 0.1) is 0 Å². The van der Waals surface area contributed by atoms with Crippen molar-refractivity contribution in [2.45, 2.75) is 43.9 Å². The standard InChI is InChI=1S/C24H28N2O3/c27-23(25-22-9-12-29-24(15-22)10-13-28-17-24)26-11-8-19-6-7-20(14-21(19)16-26)18-4-2-1-3-5-18/h1-7,14,22H,8-13,15-17H2,(H,25,27)/t22-,24-/m0/s1. The maximum Gasteiger partial charge on any atom is 0.317 e. The van der Waals surface area contributed by atoms with E-state index in [1.165, 1.54) is 22.3 Å². The van der Waals surface area contributed by atoms with Crippen LogP contribution >= 0.6 is 0 Å². The quantitative estimate of drug-likeness (QED) is 0.847. The first-order chi connectivity index (χ1) is 14.2. The molecule has 5 heteroatoms. The van der Waals surface area contributed by atoms with Crippen molar-refractivity contribution < 1.29 is 14.3 Å². The van der Waals surface area contributed by atoms with Crippen molar-refractivity contribution in [3.63, 3.8) is 0 Å². The molecule has 5 nitrogen and oxygen atoms in total. The Morgan fingerprint density at radius 3 is 2.79 bits per heavy atom. The van der Waals surface area contributed by atoms with E-state index in [1.807, 2.05) is 11.0 Å². The third-order valence-electron chi connectivity index (χ3n) is 6.50. The molecule has 0 bridgehead atoms. The fourth-order valence-electron chi connectivity index (χ4n) is 4.82. The molecule has 2 aromatic carbocycles. The van der Waals surface area contributed by atoms with Crippen molar-refractivity contribution in [1.82, 2.24) is 10.2 Å². The molecule has 2 aromatic rings. The number of hydrogen-bond acceptors (Lipinski definition) is 3. The number of urea groups is 1. The molecule has 0 aromatic heterocycles. The summed E-state index contributed by atoms with van der Waals surface area (Å²) in [6.07, 6.45) is 3.56. The largest absolute Gasteiger partial charge is 0.378 e. The summed E-state index contributed by atoms with van der Waals surface area (Å²) in [5, 5.41) is 3.27. The second kappa shape index (κ2) is 7.81. The van der Waals surface area contributed by atoms with Crippen molar-refractivity contribution in [2.24, 2.45) is 0 Å². The molecule has 3 aliphatic heterocycles. The number of fused-ring (bicyclic) bond motifs is 1. The molecular formula is C24H28N2O3. The lowest BCUT2D eigenvalue weighted by molar-refractivity contribution is -0.0881. The zero-order valence-electron chi connectivity index (χ0n) is 16.7. The van der Waals surface area contributed by atoms with Crippen LogP contribution in [0.4, 0.5) is 4.79 Å². The summed E-state index contributed by atoms with van der Waals surface area (Å²) < 4.78 is 11.5. The molecule has 0 unspecified atom stereocenters. The Bertz CT molecular complexity index is 877. The highest BCUT2D eigenvalue weighted by atomic mass is 16.6. The van der Waals surface area contributed by atoms with Crippen LogP contribution in [0.3, 0.4) is 0 Å². The third kappa shape index (κ3) is 3.89. The summed E-state index contributed by atoms with van der Waals surface area (Å²) in [6.45, 7) is 3.53. The van der Waals surface area contributed by atoms with E-state index in [1.54, 1.807) is 0 Å². The summed E-state index contributed by atoms with van der Waals surface area (Å²) in [4.78, 5) is 14.9. The van der Waals surface area contributed by atoms with Crippen LogP contribution in [0.5, 0.6) is 0 Å². The molecule has 0 radical (unpaired) electrons. The molecular weight excluding hydrogens is 364 g/mol. The van der Waals surface area contributed by atoms with Gasteiger partial charge in [0.15, 0.2) is 0 Å². The molecule has 1 N–H and O–H groups in total. The van der Waals surface area contributed by atoms with Gasteiger partial charge in [-0.2, -0.15) is 0 Å². The molecule has 2 saturated heterocycles. The van der Waals surface area contributed by atoms with Gasteiger partial charge < -0.3 is 19.7 Å². The fraction of sp³-hybridized carbons (Fsp3) is 0.458. The molecule has 5 rings (SSSR count). The molecule has 152 valence electrons. The number of carbonyl (C=O) groups excluding carboxylic acids is 1. The van der Waals surface area contributed by atoms with Gasteiger partial charge in [0.2, 0.25) is 0 Å². The molecule has 3 aliphatic rings. The Labute approximate surface area is 172 Å². The van der Waals surface area contributed by atoms with E-state index in [9.17, 15) is 4.79 Å². The normalized spacial score (nSPS) is 26.3. The predicted octanol–water partition coefficient (Wildman–Crippen LogP) is 3.76. The minimum atomic E-state index is -0.185. The fourth-order valence-corrected chi connectivity index (χ4v) is 4.82. The van der Waals surface area contributed by atoms with Gasteiger partial charge >= 0.3 is 6.03 Å². The predicted molar refractivity (Wildman–Crippen MR) is 112 cm³/mol. The number of benzene rings is 2. The lowest BCUT2D eigenvalue weighted by Crippen LogP contribution is -2.52. The van der Waals surface area contributed by atoms with Crippen molar-refractivity contribution in [2.75, 3.05) is 26.4 Å². The highest BCUT2D eigenvalue weighted by Crippen LogP contribution is 2.33. The molecule has 1 spiro atoms. The zero-order valence-corrected chi connectivity index (χ0v) is 16.7. The monoisotopic (exact) mass is 392 g/mol. The minimum Gasteiger partial charge on any atom is -0.378 e. The first-order valence-corrected chi connectivity index (χ1v) is 10.7. The van der Waals surface area contributed by atoms with E-state index in [4.69, 9.17) is 9.47 Å². The Morgan fingerprint density at radius 1 is 1.07 bits per heavy atom. The van der Waals surface area contributed by atoms with E-state index < -0.39 is 0 Å². The average molecular weight is 392 g/mol. The first kappa shape index (κ1) is 18.6. The van der Waals surface area contributed by atoms with Gasteiger partial charge in [0.05, 0.1) is 12.2 Å². The third-order valence-corrected chi connectivity index (χ3v) is 6.50. The SMILES string of the molecule is O=C(N[C@H]1CCO[C@@]2(CCOC2)C1)N1CCc2ccc(-c3ccccc3)cc2C1. The molecule has 29 heavy (non-hydrogen) atoms. The summed E-state index contributed by atoms with van der Waals surface area (Å²) in [7, 11) is 0. The second-order valence-corrected chi connectivity index (χ2v) is 8.49. The summed E-state index contributed by atoms with van der Waals surface area (Å²) in [6, 6.07) is 17.3. The molecule has 2 amide bonds. The number of amides is 2. The highest BCUT2D eigenvalue weighted by molar-refractivity contribution is 5.75. The maximum atomic E-state index is 13.0. The van der Waals surface area contributed by atoms with Crippen LogP contribution in [0.2, 0.25) is 0 Å². The molecule has 2 atom stereocenters. The highest BCUT2D eigenvalue weighted by Gasteiger charge is 2.41. The second-order valence-electron chi connectivity index (χ2n) is 8.49. The first-order valence-electron chi connectivity index (χ1n) is 10.7. The molecule has 3 heterocycles. The number of nitrogens with one attached hydrogen (secondary N) is 1. The average Bonchev–Trinajstić information content (AvgIpc) is 3.21. The lowest BCUT2D eigenvalue weighted by Gasteiger charge is -2.38. The summed E-state index contributed by atoms with van der Waals surface area (Å²) >= 11 is 0. The van der Waals surface area contributed by atoms with Gasteiger partial charge in [0, 0.05) is 38.8 Å².